The van der Waals surface area contributed by atoms with Crippen molar-refractivity contribution in [2.75, 3.05) is 12.4 Å². The molecule has 0 spiro atoms. The number of aliphatic carboxylic acids is 1. The number of fused-ring (bicyclic) bond motifs is 1. The molecule has 4 aromatic rings. The predicted octanol–water partition coefficient (Wildman–Crippen LogP) is 9.34. The molecule has 7 heteroatoms. The van der Waals surface area contributed by atoms with Crippen molar-refractivity contribution in [1.29, 1.82) is 0 Å². The average Bonchev–Trinajstić information content (AvgIpc) is 3.78. The third-order valence-electron chi connectivity index (χ3n) is 8.05. The predicted molar refractivity (Wildman–Crippen MR) is 189 cm³/mol. The summed E-state index contributed by atoms with van der Waals surface area (Å²) in [6, 6.07) is 26.5. The molecule has 5 nitrogen and oxygen atoms in total. The van der Waals surface area contributed by atoms with Crippen LogP contribution in [0.4, 0.5) is 0 Å². The highest BCUT2D eigenvalue weighted by Gasteiger charge is 2.44. The standard InChI is InChI=1S/C35H36ClNO3S.C3H8O/c1-34(2,40)30-9-4-3-7-25(30)13-17-32(41-23-35(18-19-35)22-33(38)39)27-8-5-6-24(20-27)10-15-29-16-12-26-11-14-28(36)21-31(26)37-29;1-2-3-4/h3-12,14-16,20-21,32,40H,13,17-19,22-23H2,1-2H3,(H,38,39);4H,2-3H2,1H3/b15-10+;. The number of hydrogen-bond acceptors (Lipinski definition) is 5. The number of aliphatic hydroxyl groups excluding tert-OH is 1. The maximum atomic E-state index is 11.5. The minimum atomic E-state index is -0.911. The molecule has 0 radical (unpaired) electrons. The number of hydrogen-bond donors (Lipinski definition) is 3. The Bertz CT molecular complexity index is 1610. The van der Waals surface area contributed by atoms with Gasteiger partial charge in [0.1, 0.15) is 0 Å². The Balaban J connectivity index is 0.00000109. The fraction of sp³-hybridized carbons (Fsp3) is 0.368. The lowest BCUT2D eigenvalue weighted by atomic mass is 9.90. The number of pyridine rings is 1. The van der Waals surface area contributed by atoms with Gasteiger partial charge in [0, 0.05) is 28.0 Å². The third kappa shape index (κ3) is 10.4. The van der Waals surface area contributed by atoms with Crippen molar-refractivity contribution in [3.05, 3.63) is 112 Å². The van der Waals surface area contributed by atoms with Crippen LogP contribution < -0.4 is 0 Å². The van der Waals surface area contributed by atoms with Gasteiger partial charge in [0.25, 0.3) is 0 Å². The van der Waals surface area contributed by atoms with E-state index in [0.717, 1.165) is 71.1 Å². The number of aromatic nitrogens is 1. The molecule has 3 N–H and O–H groups in total. The fourth-order valence-corrected chi connectivity index (χ4v) is 7.09. The highest BCUT2D eigenvalue weighted by Crippen LogP contribution is 2.53. The summed E-state index contributed by atoms with van der Waals surface area (Å²) in [7, 11) is 0. The van der Waals surface area contributed by atoms with Gasteiger partial charge in [-0.15, -0.1) is 0 Å². The highest BCUT2D eigenvalue weighted by atomic mass is 35.5. The molecule has 1 aliphatic rings. The molecule has 238 valence electrons. The van der Waals surface area contributed by atoms with Gasteiger partial charge in [-0.05, 0) is 97.9 Å². The van der Waals surface area contributed by atoms with Gasteiger partial charge in [0.2, 0.25) is 0 Å². The van der Waals surface area contributed by atoms with Gasteiger partial charge in [-0.1, -0.05) is 85.3 Å². The Morgan fingerprint density at radius 3 is 2.47 bits per heavy atom. The zero-order valence-corrected chi connectivity index (χ0v) is 28.0. The van der Waals surface area contributed by atoms with E-state index in [0.29, 0.717) is 11.6 Å². The Morgan fingerprint density at radius 2 is 1.78 bits per heavy atom. The molecule has 0 saturated heterocycles. The van der Waals surface area contributed by atoms with Crippen LogP contribution in [-0.2, 0) is 16.8 Å². The summed E-state index contributed by atoms with van der Waals surface area (Å²) in [5.41, 5.74) is 5.15. The van der Waals surface area contributed by atoms with Crippen LogP contribution in [0.1, 0.15) is 86.1 Å². The molecule has 5 rings (SSSR count). The number of benzene rings is 3. The maximum Gasteiger partial charge on any atom is 0.303 e. The highest BCUT2D eigenvalue weighted by molar-refractivity contribution is 7.99. The molecule has 45 heavy (non-hydrogen) atoms. The first-order chi connectivity index (χ1) is 21.5. The number of aryl methyl sites for hydroxylation is 1. The molecule has 1 saturated carbocycles. The van der Waals surface area contributed by atoms with Crippen molar-refractivity contribution in [1.82, 2.24) is 4.98 Å². The van der Waals surface area contributed by atoms with Gasteiger partial charge in [0.05, 0.1) is 23.2 Å². The van der Waals surface area contributed by atoms with Crippen molar-refractivity contribution in [2.24, 2.45) is 5.41 Å². The van der Waals surface area contributed by atoms with Gasteiger partial charge in [0.15, 0.2) is 0 Å². The van der Waals surface area contributed by atoms with Crippen LogP contribution in [0.15, 0.2) is 78.9 Å². The van der Waals surface area contributed by atoms with Crippen molar-refractivity contribution in [3.63, 3.8) is 0 Å². The maximum absolute atomic E-state index is 11.5. The summed E-state index contributed by atoms with van der Waals surface area (Å²) in [5.74, 6) is 0.122. The van der Waals surface area contributed by atoms with Crippen molar-refractivity contribution in [2.45, 2.75) is 70.1 Å². The van der Waals surface area contributed by atoms with E-state index < -0.39 is 11.6 Å². The lowest BCUT2D eigenvalue weighted by Crippen LogP contribution is -2.18. The van der Waals surface area contributed by atoms with Gasteiger partial charge >= 0.3 is 5.97 Å². The van der Waals surface area contributed by atoms with Gasteiger partial charge in [-0.25, -0.2) is 4.98 Å². The number of rotatable bonds is 13. The normalized spacial score (nSPS) is 14.6. The average molecular weight is 646 g/mol. The van der Waals surface area contributed by atoms with Crippen molar-refractivity contribution in [3.8, 4) is 0 Å². The van der Waals surface area contributed by atoms with E-state index in [9.17, 15) is 15.0 Å². The second-order valence-electron chi connectivity index (χ2n) is 12.4. The summed E-state index contributed by atoms with van der Waals surface area (Å²) in [6.07, 6.45) is 8.89. The number of nitrogens with zero attached hydrogens (tertiary/aromatic N) is 1. The Hall–Kier alpha value is -3.16. The van der Waals surface area contributed by atoms with Crippen LogP contribution in [0.5, 0.6) is 0 Å². The molecule has 1 fully saturated rings. The van der Waals surface area contributed by atoms with Crippen LogP contribution in [0.25, 0.3) is 23.1 Å². The first kappa shape index (κ1) is 34.7. The van der Waals surface area contributed by atoms with Crippen LogP contribution in [-0.4, -0.2) is 38.6 Å². The molecule has 1 aromatic heterocycles. The number of carbonyl (C=O) groups is 1. The minimum absolute atomic E-state index is 0.0814. The smallest absolute Gasteiger partial charge is 0.303 e. The van der Waals surface area contributed by atoms with Crippen molar-refractivity contribution < 1.29 is 20.1 Å². The molecule has 1 aliphatic carbocycles. The largest absolute Gasteiger partial charge is 0.481 e. The quantitative estimate of drug-likeness (QED) is 0.134. The molecule has 1 unspecified atom stereocenters. The van der Waals surface area contributed by atoms with Crippen LogP contribution in [0, 0.1) is 5.41 Å². The summed E-state index contributed by atoms with van der Waals surface area (Å²) in [6.45, 7) is 5.91. The van der Waals surface area contributed by atoms with E-state index in [1.165, 1.54) is 5.56 Å². The molecule has 0 aliphatic heterocycles. The lowest BCUT2D eigenvalue weighted by molar-refractivity contribution is -0.138. The lowest BCUT2D eigenvalue weighted by Gasteiger charge is -2.24. The topological polar surface area (TPSA) is 90.7 Å². The fourth-order valence-electron chi connectivity index (χ4n) is 5.36. The summed E-state index contributed by atoms with van der Waals surface area (Å²) in [5, 5.41) is 30.0. The summed E-state index contributed by atoms with van der Waals surface area (Å²) in [4.78, 5) is 16.2. The molecular formula is C38H44ClNO4S. The van der Waals surface area contributed by atoms with Gasteiger partial charge in [-0.2, -0.15) is 11.8 Å². The Kier molecular flexibility index (Phi) is 12.3. The summed E-state index contributed by atoms with van der Waals surface area (Å²) < 4.78 is 0. The Labute approximate surface area is 276 Å². The molecule has 3 aromatic carbocycles. The van der Waals surface area contributed by atoms with Crippen molar-refractivity contribution >= 4 is 52.4 Å². The molecule has 1 atom stereocenters. The van der Waals surface area contributed by atoms with Gasteiger partial charge in [-0.3, -0.25) is 4.79 Å². The second-order valence-corrected chi connectivity index (χ2v) is 14.1. The number of thioether (sulfide) groups is 1. The Morgan fingerprint density at radius 1 is 1.04 bits per heavy atom. The zero-order valence-electron chi connectivity index (χ0n) is 26.4. The molecule has 0 bridgehead atoms. The first-order valence-electron chi connectivity index (χ1n) is 15.6. The molecular weight excluding hydrogens is 602 g/mol. The van der Waals surface area contributed by atoms with Crippen LogP contribution in [0.2, 0.25) is 5.02 Å². The second kappa shape index (κ2) is 15.9. The monoisotopic (exact) mass is 645 g/mol. The van der Waals surface area contributed by atoms with E-state index in [1.54, 1.807) is 0 Å². The number of carboxylic acid groups (broad SMARTS) is 1. The number of carboxylic acids is 1. The van der Waals surface area contributed by atoms with Crippen LogP contribution >= 0.6 is 23.4 Å². The molecule has 0 amide bonds. The molecule has 1 heterocycles. The SMILES string of the molecule is CC(C)(O)c1ccccc1CCC(SCC1(CC(=O)O)CC1)c1cccc(/C=C/c2ccc3ccc(Cl)cc3n2)c1.CCCO. The van der Waals surface area contributed by atoms with E-state index in [2.05, 4.69) is 42.5 Å². The zero-order chi connectivity index (χ0) is 32.5. The van der Waals surface area contributed by atoms with Gasteiger partial charge < -0.3 is 15.3 Å². The number of aliphatic hydroxyl groups is 2. The van der Waals surface area contributed by atoms with E-state index >= 15 is 0 Å². The van der Waals surface area contributed by atoms with E-state index in [4.69, 9.17) is 21.7 Å². The summed E-state index contributed by atoms with van der Waals surface area (Å²) >= 11 is 8.04. The number of halogens is 1. The van der Waals surface area contributed by atoms with E-state index in [-0.39, 0.29) is 17.1 Å². The van der Waals surface area contributed by atoms with E-state index in [1.807, 2.05) is 81.1 Å². The first-order valence-corrected chi connectivity index (χ1v) is 17.0. The van der Waals surface area contributed by atoms with Crippen LogP contribution in [0.3, 0.4) is 0 Å². The third-order valence-corrected chi connectivity index (χ3v) is 9.98. The minimum Gasteiger partial charge on any atom is -0.481 e.